The quantitative estimate of drug-likeness (QED) is 0.833. The van der Waals surface area contributed by atoms with Gasteiger partial charge in [-0.05, 0) is 31.4 Å². The Morgan fingerprint density at radius 2 is 1.88 bits per heavy atom. The van der Waals surface area contributed by atoms with E-state index in [2.05, 4.69) is 10.2 Å². The number of rotatable bonds is 2. The maximum absolute atomic E-state index is 12.6. The molecule has 2 aliphatic rings. The number of nitrogens with zero attached hydrogens (tertiary/aromatic N) is 5. The maximum Gasteiger partial charge on any atom is 0.255 e. The number of hydrogen-bond donors (Lipinski definition) is 0. The number of likely N-dealkylation sites (tertiary alicyclic amines) is 2. The maximum atomic E-state index is 12.6. The third-order valence-corrected chi connectivity index (χ3v) is 5.07. The van der Waals surface area contributed by atoms with Gasteiger partial charge in [-0.2, -0.15) is 0 Å². The van der Waals surface area contributed by atoms with Crippen LogP contribution in [0.2, 0.25) is 0 Å². The van der Waals surface area contributed by atoms with Gasteiger partial charge in [0, 0.05) is 45.2 Å². The second-order valence-electron chi connectivity index (χ2n) is 6.65. The van der Waals surface area contributed by atoms with Crippen LogP contribution < -0.4 is 0 Å². The second-order valence-corrected chi connectivity index (χ2v) is 6.65. The summed E-state index contributed by atoms with van der Waals surface area (Å²) in [5.74, 6) is 1.17. The van der Waals surface area contributed by atoms with Gasteiger partial charge in [-0.3, -0.25) is 14.0 Å². The molecule has 1 atom stereocenters. The minimum atomic E-state index is 0.0748. The second kappa shape index (κ2) is 5.89. The van der Waals surface area contributed by atoms with Gasteiger partial charge in [0.15, 0.2) is 5.65 Å². The molecule has 0 saturated carbocycles. The molecule has 2 aliphatic heterocycles. The number of fused-ring (bicyclic) bond motifs is 1. The number of carbonyl (C=O) groups excluding carboxylic acids is 2. The summed E-state index contributed by atoms with van der Waals surface area (Å²) in [6.45, 7) is 4.68. The molecule has 0 bridgehead atoms. The van der Waals surface area contributed by atoms with Gasteiger partial charge in [0.2, 0.25) is 5.91 Å². The molecule has 2 aromatic rings. The van der Waals surface area contributed by atoms with Crippen molar-refractivity contribution in [1.82, 2.24) is 24.4 Å². The van der Waals surface area contributed by atoms with E-state index in [4.69, 9.17) is 0 Å². The summed E-state index contributed by atoms with van der Waals surface area (Å²) in [4.78, 5) is 27.9. The third kappa shape index (κ3) is 2.53. The Morgan fingerprint density at radius 3 is 2.58 bits per heavy atom. The smallest absolute Gasteiger partial charge is 0.255 e. The average Bonchev–Trinajstić information content (AvgIpc) is 3.31. The van der Waals surface area contributed by atoms with Crippen LogP contribution in [0.25, 0.3) is 5.65 Å². The Labute approximate surface area is 140 Å². The van der Waals surface area contributed by atoms with Crippen molar-refractivity contribution in [2.45, 2.75) is 32.1 Å². The summed E-state index contributed by atoms with van der Waals surface area (Å²) in [5, 5.41) is 8.53. The largest absolute Gasteiger partial charge is 0.342 e. The van der Waals surface area contributed by atoms with Gasteiger partial charge in [-0.25, -0.2) is 0 Å². The van der Waals surface area contributed by atoms with Crippen molar-refractivity contribution in [2.24, 2.45) is 0 Å². The summed E-state index contributed by atoms with van der Waals surface area (Å²) in [6.07, 6.45) is 4.88. The van der Waals surface area contributed by atoms with Crippen LogP contribution in [-0.2, 0) is 4.79 Å². The van der Waals surface area contributed by atoms with E-state index in [1.54, 1.807) is 6.92 Å². The summed E-state index contributed by atoms with van der Waals surface area (Å²) >= 11 is 0. The summed E-state index contributed by atoms with van der Waals surface area (Å²) in [7, 11) is 0. The Hall–Kier alpha value is -2.44. The van der Waals surface area contributed by atoms with E-state index in [1.807, 2.05) is 32.5 Å². The first-order valence-corrected chi connectivity index (χ1v) is 8.53. The Morgan fingerprint density at radius 1 is 1.08 bits per heavy atom. The topological polar surface area (TPSA) is 70.8 Å². The third-order valence-electron chi connectivity index (χ3n) is 5.07. The molecule has 4 heterocycles. The highest BCUT2D eigenvalue weighted by Gasteiger charge is 2.29. The van der Waals surface area contributed by atoms with E-state index in [0.29, 0.717) is 12.1 Å². The van der Waals surface area contributed by atoms with E-state index in [1.165, 1.54) is 0 Å². The molecule has 7 heteroatoms. The fourth-order valence-electron chi connectivity index (χ4n) is 3.67. The van der Waals surface area contributed by atoms with Crippen molar-refractivity contribution >= 4 is 17.5 Å². The number of amides is 2. The van der Waals surface area contributed by atoms with Gasteiger partial charge in [0.25, 0.3) is 5.91 Å². The highest BCUT2D eigenvalue weighted by molar-refractivity contribution is 5.94. The summed E-state index contributed by atoms with van der Waals surface area (Å²) < 4.78 is 1.91. The lowest BCUT2D eigenvalue weighted by atomic mass is 10.1. The number of pyridine rings is 1. The zero-order valence-electron chi connectivity index (χ0n) is 13.8. The molecule has 2 saturated heterocycles. The van der Waals surface area contributed by atoms with Crippen LogP contribution in [0.5, 0.6) is 0 Å². The van der Waals surface area contributed by atoms with Crippen LogP contribution in [0.4, 0.5) is 0 Å². The Bertz CT molecular complexity index is 793. The molecule has 0 unspecified atom stereocenters. The molecular formula is C17H21N5O2. The van der Waals surface area contributed by atoms with Gasteiger partial charge in [0.05, 0.1) is 5.56 Å². The van der Waals surface area contributed by atoms with Crippen LogP contribution in [0.15, 0.2) is 18.3 Å². The van der Waals surface area contributed by atoms with Crippen molar-refractivity contribution in [1.29, 1.82) is 0 Å². The number of hydrogen-bond acceptors (Lipinski definition) is 4. The molecule has 0 N–H and O–H groups in total. The first-order chi connectivity index (χ1) is 11.6. The van der Waals surface area contributed by atoms with Crippen molar-refractivity contribution in [3.8, 4) is 0 Å². The summed E-state index contributed by atoms with van der Waals surface area (Å²) in [5.41, 5.74) is 1.41. The van der Waals surface area contributed by atoms with Crippen LogP contribution in [0.1, 0.15) is 48.3 Å². The molecule has 0 aliphatic carbocycles. The molecular weight excluding hydrogens is 306 g/mol. The first kappa shape index (κ1) is 15.1. The molecule has 2 aromatic heterocycles. The van der Waals surface area contributed by atoms with Crippen LogP contribution in [0.3, 0.4) is 0 Å². The normalized spacial score (nSPS) is 21.0. The molecule has 0 spiro atoms. The minimum Gasteiger partial charge on any atom is -0.342 e. The molecule has 4 rings (SSSR count). The predicted molar refractivity (Wildman–Crippen MR) is 87.7 cm³/mol. The van der Waals surface area contributed by atoms with Gasteiger partial charge in [-0.15, -0.1) is 10.2 Å². The lowest BCUT2D eigenvalue weighted by Gasteiger charge is -2.16. The monoisotopic (exact) mass is 327 g/mol. The van der Waals surface area contributed by atoms with Crippen molar-refractivity contribution in [2.75, 3.05) is 26.2 Å². The average molecular weight is 327 g/mol. The van der Waals surface area contributed by atoms with E-state index in [9.17, 15) is 9.59 Å². The number of aromatic nitrogens is 3. The molecule has 24 heavy (non-hydrogen) atoms. The van der Waals surface area contributed by atoms with Crippen molar-refractivity contribution in [3.05, 3.63) is 29.7 Å². The highest BCUT2D eigenvalue weighted by Crippen LogP contribution is 2.26. The van der Waals surface area contributed by atoms with Gasteiger partial charge in [0.1, 0.15) is 5.82 Å². The molecule has 0 aromatic carbocycles. The van der Waals surface area contributed by atoms with E-state index >= 15 is 0 Å². The summed E-state index contributed by atoms with van der Waals surface area (Å²) in [6, 6.07) is 3.67. The molecule has 0 radical (unpaired) electrons. The molecule has 2 fully saturated rings. The fraction of sp³-hybridized carbons (Fsp3) is 0.529. The fourth-order valence-corrected chi connectivity index (χ4v) is 3.67. The zero-order chi connectivity index (χ0) is 16.7. The first-order valence-electron chi connectivity index (χ1n) is 8.53. The standard InChI is InChI=1S/C17H21N5O2/c1-12(23)21-9-6-13(10-21)16-19-18-15-5-4-14(11-22(15)16)17(24)20-7-2-3-8-20/h4-5,11,13H,2-3,6-10H2,1H3/t13-/m1/s1. The van der Waals surface area contributed by atoms with E-state index in [-0.39, 0.29) is 17.7 Å². The lowest BCUT2D eigenvalue weighted by molar-refractivity contribution is -0.127. The minimum absolute atomic E-state index is 0.0748. The van der Waals surface area contributed by atoms with Gasteiger partial charge < -0.3 is 9.80 Å². The highest BCUT2D eigenvalue weighted by atomic mass is 16.2. The Balaban J connectivity index is 1.64. The molecule has 126 valence electrons. The molecule has 7 nitrogen and oxygen atoms in total. The van der Waals surface area contributed by atoms with Crippen LogP contribution in [-0.4, -0.2) is 62.4 Å². The lowest BCUT2D eigenvalue weighted by Crippen LogP contribution is -2.28. The van der Waals surface area contributed by atoms with E-state index < -0.39 is 0 Å². The number of carbonyl (C=O) groups is 2. The predicted octanol–water partition coefficient (Wildman–Crippen LogP) is 1.30. The van der Waals surface area contributed by atoms with Crippen LogP contribution in [0, 0.1) is 0 Å². The zero-order valence-corrected chi connectivity index (χ0v) is 13.8. The SMILES string of the molecule is CC(=O)N1CC[C@@H](c2nnc3ccc(C(=O)N4CCCC4)cn23)C1. The van der Waals surface area contributed by atoms with Crippen molar-refractivity contribution < 1.29 is 9.59 Å². The molecule has 2 amide bonds. The van der Waals surface area contributed by atoms with Gasteiger partial charge in [-0.1, -0.05) is 0 Å². The van der Waals surface area contributed by atoms with Gasteiger partial charge >= 0.3 is 0 Å². The van der Waals surface area contributed by atoms with Crippen LogP contribution >= 0.6 is 0 Å². The van der Waals surface area contributed by atoms with Crippen molar-refractivity contribution in [3.63, 3.8) is 0 Å². The Kier molecular flexibility index (Phi) is 3.70. The van der Waals surface area contributed by atoms with E-state index in [0.717, 1.165) is 50.4 Å².